The molecule has 31 heavy (non-hydrogen) atoms. The van der Waals surface area contributed by atoms with Gasteiger partial charge >= 0.3 is 0 Å². The summed E-state index contributed by atoms with van der Waals surface area (Å²) in [4.78, 5) is 2.57. The summed E-state index contributed by atoms with van der Waals surface area (Å²) in [6, 6.07) is 26.8. The van der Waals surface area contributed by atoms with Crippen LogP contribution in [0.15, 0.2) is 88.2 Å². The summed E-state index contributed by atoms with van der Waals surface area (Å²) in [5, 5.41) is 8.95. The van der Waals surface area contributed by atoms with Crippen molar-refractivity contribution in [3.05, 3.63) is 100 Å². The van der Waals surface area contributed by atoms with E-state index in [4.69, 9.17) is 5.26 Å². The van der Waals surface area contributed by atoms with Gasteiger partial charge in [0.1, 0.15) is 0 Å². The zero-order valence-electron chi connectivity index (χ0n) is 16.9. The molecule has 0 saturated carbocycles. The maximum Gasteiger partial charge on any atom is 0.243 e. The van der Waals surface area contributed by atoms with Gasteiger partial charge in [-0.15, -0.1) is 0 Å². The monoisotopic (exact) mass is 495 g/mol. The Morgan fingerprint density at radius 2 is 1.39 bits per heavy atom. The Kier molecular flexibility index (Phi) is 6.54. The summed E-state index contributed by atoms with van der Waals surface area (Å²) in [6.07, 6.45) is 0. The van der Waals surface area contributed by atoms with Crippen LogP contribution in [-0.4, -0.2) is 43.8 Å². The number of benzene rings is 3. The largest absolute Gasteiger partial charge is 0.290 e. The summed E-state index contributed by atoms with van der Waals surface area (Å²) in [6.45, 7) is 2.10. The Morgan fingerprint density at radius 1 is 0.806 bits per heavy atom. The molecule has 5 nitrogen and oxygen atoms in total. The smallest absolute Gasteiger partial charge is 0.243 e. The van der Waals surface area contributed by atoms with E-state index in [9.17, 15) is 8.42 Å². The highest BCUT2D eigenvalue weighted by Crippen LogP contribution is 2.31. The molecule has 0 aliphatic carbocycles. The first-order valence-electron chi connectivity index (χ1n) is 10.0. The third kappa shape index (κ3) is 4.73. The lowest BCUT2D eigenvalue weighted by Gasteiger charge is -2.39. The first kappa shape index (κ1) is 21.7. The fraction of sp³-hybridized carbons (Fsp3) is 0.208. The van der Waals surface area contributed by atoms with Crippen LogP contribution in [0, 0.1) is 11.3 Å². The minimum Gasteiger partial charge on any atom is -0.290 e. The molecule has 3 aromatic carbocycles. The van der Waals surface area contributed by atoms with E-state index in [1.165, 1.54) is 27.6 Å². The van der Waals surface area contributed by atoms with Crippen LogP contribution in [0.3, 0.4) is 0 Å². The highest BCUT2D eigenvalue weighted by Gasteiger charge is 2.32. The van der Waals surface area contributed by atoms with E-state index in [0.717, 1.165) is 4.47 Å². The molecule has 1 aliphatic rings. The summed E-state index contributed by atoms with van der Waals surface area (Å²) >= 11 is 3.50. The van der Waals surface area contributed by atoms with Crippen molar-refractivity contribution in [3.63, 3.8) is 0 Å². The van der Waals surface area contributed by atoms with E-state index in [1.807, 2.05) is 36.4 Å². The van der Waals surface area contributed by atoms with Crippen LogP contribution in [-0.2, 0) is 10.0 Å². The second kappa shape index (κ2) is 9.33. The maximum atomic E-state index is 13.1. The van der Waals surface area contributed by atoms with Gasteiger partial charge in [0.25, 0.3) is 0 Å². The van der Waals surface area contributed by atoms with E-state index in [1.54, 1.807) is 12.1 Å². The van der Waals surface area contributed by atoms with E-state index in [0.29, 0.717) is 31.7 Å². The molecule has 1 unspecified atom stereocenters. The normalized spacial score (nSPS) is 16.5. The number of halogens is 1. The molecule has 3 aromatic rings. The zero-order valence-corrected chi connectivity index (χ0v) is 19.3. The van der Waals surface area contributed by atoms with Gasteiger partial charge < -0.3 is 0 Å². The van der Waals surface area contributed by atoms with Crippen LogP contribution in [0.2, 0.25) is 0 Å². The maximum absolute atomic E-state index is 13.1. The van der Waals surface area contributed by atoms with Crippen LogP contribution in [0.4, 0.5) is 0 Å². The van der Waals surface area contributed by atoms with Gasteiger partial charge in [-0.3, -0.25) is 4.90 Å². The van der Waals surface area contributed by atoms with Gasteiger partial charge in [0.15, 0.2) is 0 Å². The number of hydrogen-bond acceptors (Lipinski definition) is 4. The predicted molar refractivity (Wildman–Crippen MR) is 124 cm³/mol. The quantitative estimate of drug-likeness (QED) is 0.525. The molecular formula is C24H22BrN3O2S. The first-order valence-corrected chi connectivity index (χ1v) is 12.3. The number of nitriles is 1. The van der Waals surface area contributed by atoms with Crippen molar-refractivity contribution in [2.24, 2.45) is 0 Å². The van der Waals surface area contributed by atoms with Gasteiger partial charge in [-0.25, -0.2) is 8.42 Å². The van der Waals surface area contributed by atoms with Gasteiger partial charge in [0.2, 0.25) is 10.0 Å². The van der Waals surface area contributed by atoms with Crippen molar-refractivity contribution in [2.75, 3.05) is 26.2 Å². The molecule has 0 spiro atoms. The third-order valence-corrected chi connectivity index (χ3v) is 8.00. The predicted octanol–water partition coefficient (Wildman–Crippen LogP) is 4.42. The molecule has 158 valence electrons. The minimum atomic E-state index is -3.58. The molecule has 1 atom stereocenters. The lowest BCUT2D eigenvalue weighted by Crippen LogP contribution is -2.49. The first-order chi connectivity index (χ1) is 15.0. The van der Waals surface area contributed by atoms with Gasteiger partial charge in [-0.1, -0.05) is 58.4 Å². The van der Waals surface area contributed by atoms with E-state index >= 15 is 0 Å². The van der Waals surface area contributed by atoms with Crippen LogP contribution >= 0.6 is 15.9 Å². The standard InChI is InChI=1S/C24H22BrN3O2S/c25-22-10-8-21(9-11-22)24(20-4-2-1-3-5-20)27-14-16-28(17-15-27)31(29,30)23-12-6-19(18-26)7-13-23/h1-13,24H,14-17H2. The van der Waals surface area contributed by atoms with Crippen molar-refractivity contribution in [2.45, 2.75) is 10.9 Å². The van der Waals surface area contributed by atoms with Crippen LogP contribution in [0.5, 0.6) is 0 Å². The van der Waals surface area contributed by atoms with Crippen molar-refractivity contribution in [1.82, 2.24) is 9.21 Å². The summed E-state index contributed by atoms with van der Waals surface area (Å²) < 4.78 is 28.7. The van der Waals surface area contributed by atoms with Crippen LogP contribution in [0.1, 0.15) is 22.7 Å². The number of sulfonamides is 1. The molecule has 0 N–H and O–H groups in total. The Hall–Kier alpha value is -2.50. The molecule has 7 heteroatoms. The molecular weight excluding hydrogens is 474 g/mol. The number of nitrogens with zero attached hydrogens (tertiary/aromatic N) is 3. The van der Waals surface area contributed by atoms with Gasteiger partial charge in [-0.2, -0.15) is 9.57 Å². The second-order valence-electron chi connectivity index (χ2n) is 7.44. The highest BCUT2D eigenvalue weighted by atomic mass is 79.9. The Morgan fingerprint density at radius 3 is 1.97 bits per heavy atom. The van der Waals surface area contributed by atoms with Crippen LogP contribution < -0.4 is 0 Å². The molecule has 4 rings (SSSR count). The Labute approximate surface area is 191 Å². The van der Waals surface area contributed by atoms with Gasteiger partial charge in [0.05, 0.1) is 22.6 Å². The highest BCUT2D eigenvalue weighted by molar-refractivity contribution is 9.10. The molecule has 1 aliphatic heterocycles. The molecule has 1 saturated heterocycles. The van der Waals surface area contributed by atoms with Crippen LogP contribution in [0.25, 0.3) is 0 Å². The molecule has 0 radical (unpaired) electrons. The van der Waals surface area contributed by atoms with Crippen molar-refractivity contribution in [1.29, 1.82) is 5.26 Å². The SMILES string of the molecule is N#Cc1ccc(S(=O)(=O)N2CCN(C(c3ccccc3)c3ccc(Br)cc3)CC2)cc1. The summed E-state index contributed by atoms with van der Waals surface area (Å²) in [5.74, 6) is 0. The van der Waals surface area contributed by atoms with E-state index < -0.39 is 10.0 Å². The minimum absolute atomic E-state index is 0.0640. The average molecular weight is 496 g/mol. The molecule has 0 aromatic heterocycles. The van der Waals surface area contributed by atoms with Gasteiger partial charge in [0, 0.05) is 30.7 Å². The second-order valence-corrected chi connectivity index (χ2v) is 10.3. The molecule has 0 bridgehead atoms. The summed E-state index contributed by atoms with van der Waals surface area (Å²) in [7, 11) is -3.58. The van der Waals surface area contributed by atoms with E-state index in [-0.39, 0.29) is 10.9 Å². The number of hydrogen-bond donors (Lipinski definition) is 0. The number of rotatable bonds is 5. The lowest BCUT2D eigenvalue weighted by molar-refractivity contribution is 0.156. The Bertz CT molecular complexity index is 1170. The van der Waals surface area contributed by atoms with E-state index in [2.05, 4.69) is 45.1 Å². The summed E-state index contributed by atoms with van der Waals surface area (Å²) in [5.41, 5.74) is 2.81. The average Bonchev–Trinajstić information content (AvgIpc) is 2.81. The van der Waals surface area contributed by atoms with Gasteiger partial charge in [-0.05, 0) is 47.5 Å². The van der Waals surface area contributed by atoms with Crippen molar-refractivity contribution >= 4 is 26.0 Å². The molecule has 1 fully saturated rings. The zero-order chi connectivity index (χ0) is 21.8. The topological polar surface area (TPSA) is 64.4 Å². The fourth-order valence-electron chi connectivity index (χ4n) is 3.95. The van der Waals surface area contributed by atoms with Crippen molar-refractivity contribution in [3.8, 4) is 6.07 Å². The lowest BCUT2D eigenvalue weighted by atomic mass is 9.96. The third-order valence-electron chi connectivity index (χ3n) is 5.56. The Balaban J connectivity index is 1.55. The van der Waals surface area contributed by atoms with Crippen molar-refractivity contribution < 1.29 is 8.42 Å². The number of piperazine rings is 1. The molecule has 1 heterocycles. The fourth-order valence-corrected chi connectivity index (χ4v) is 5.63. The molecule has 0 amide bonds.